The van der Waals surface area contributed by atoms with Gasteiger partial charge in [0.05, 0.1) is 17.0 Å². The number of aromatic nitrogens is 3. The molecule has 0 spiro atoms. The summed E-state index contributed by atoms with van der Waals surface area (Å²) in [5, 5.41) is 11.5. The van der Waals surface area contributed by atoms with Gasteiger partial charge in [-0.2, -0.15) is 5.10 Å². The van der Waals surface area contributed by atoms with Crippen LogP contribution in [0.4, 0.5) is 0 Å². The molecule has 180 valence electrons. The number of H-pyrrole nitrogens is 1. The highest BCUT2D eigenvalue weighted by Gasteiger charge is 2.29. The van der Waals surface area contributed by atoms with E-state index in [1.165, 1.54) is 0 Å². The van der Waals surface area contributed by atoms with Crippen LogP contribution in [0.2, 0.25) is 0 Å². The molecule has 6 rings (SSSR count). The molecule has 2 N–H and O–H groups in total. The fourth-order valence-electron chi connectivity index (χ4n) is 4.79. The smallest absolute Gasteiger partial charge is 0.256 e. The molecule has 0 aliphatic carbocycles. The van der Waals surface area contributed by atoms with Gasteiger partial charge in [0.1, 0.15) is 5.69 Å². The Balaban J connectivity index is 1.33. The molecule has 1 aliphatic rings. The van der Waals surface area contributed by atoms with Crippen molar-refractivity contribution in [3.8, 4) is 23.0 Å². The Labute approximate surface area is 215 Å². The number of nitrogens with zero attached hydrogens (tertiary/aromatic N) is 3. The molecule has 6 heteroatoms. The van der Waals surface area contributed by atoms with Crippen molar-refractivity contribution in [1.29, 1.82) is 0 Å². The molecule has 1 atom stereocenters. The number of hydrogen-bond donors (Lipinski definition) is 2. The highest BCUT2D eigenvalue weighted by molar-refractivity contribution is 5.98. The van der Waals surface area contributed by atoms with Gasteiger partial charge in [0, 0.05) is 31.4 Å². The molecule has 1 amide bonds. The lowest BCUT2D eigenvalue weighted by atomic mass is 10.00. The topological polar surface area (TPSA) is 73.9 Å². The Morgan fingerprint density at radius 3 is 2.51 bits per heavy atom. The number of piperazine rings is 1. The Bertz CT molecular complexity index is 1620. The van der Waals surface area contributed by atoms with Crippen LogP contribution in [-0.2, 0) is 0 Å². The lowest BCUT2D eigenvalue weighted by molar-refractivity contribution is 0.0634. The van der Waals surface area contributed by atoms with E-state index >= 15 is 0 Å². The summed E-state index contributed by atoms with van der Waals surface area (Å²) in [6, 6.07) is 30.2. The van der Waals surface area contributed by atoms with Crippen LogP contribution in [0.3, 0.4) is 0 Å². The molecule has 1 saturated heterocycles. The van der Waals surface area contributed by atoms with Gasteiger partial charge in [0.15, 0.2) is 5.65 Å². The van der Waals surface area contributed by atoms with Crippen LogP contribution >= 0.6 is 0 Å². The van der Waals surface area contributed by atoms with Gasteiger partial charge in [-0.3, -0.25) is 9.89 Å². The first-order valence-corrected chi connectivity index (χ1v) is 12.3. The van der Waals surface area contributed by atoms with Crippen LogP contribution in [-0.4, -0.2) is 45.6 Å². The second kappa shape index (κ2) is 10.1. The molecule has 3 heterocycles. The summed E-state index contributed by atoms with van der Waals surface area (Å²) < 4.78 is 0. The first kappa shape index (κ1) is 22.7. The van der Waals surface area contributed by atoms with Crippen molar-refractivity contribution in [3.63, 3.8) is 0 Å². The first-order valence-electron chi connectivity index (χ1n) is 12.3. The van der Waals surface area contributed by atoms with Gasteiger partial charge >= 0.3 is 0 Å². The van der Waals surface area contributed by atoms with Gasteiger partial charge in [-0.25, -0.2) is 4.98 Å². The average Bonchev–Trinajstić information content (AvgIpc) is 3.39. The molecule has 0 radical (unpaired) electrons. The molecule has 1 aliphatic heterocycles. The van der Waals surface area contributed by atoms with Crippen LogP contribution in [0.5, 0.6) is 0 Å². The molecular formula is C31H25N5O. The molecule has 1 fully saturated rings. The maximum Gasteiger partial charge on any atom is 0.256 e. The predicted molar refractivity (Wildman–Crippen MR) is 145 cm³/mol. The van der Waals surface area contributed by atoms with Crippen molar-refractivity contribution >= 4 is 16.9 Å². The second-order valence-electron chi connectivity index (χ2n) is 8.98. The van der Waals surface area contributed by atoms with Crippen LogP contribution in [0.1, 0.15) is 33.2 Å². The Kier molecular flexibility index (Phi) is 6.20. The van der Waals surface area contributed by atoms with E-state index in [9.17, 15) is 4.79 Å². The van der Waals surface area contributed by atoms with E-state index in [4.69, 9.17) is 0 Å². The number of rotatable bonds is 3. The maximum absolute atomic E-state index is 13.6. The zero-order valence-corrected chi connectivity index (χ0v) is 20.2. The number of nitrogens with one attached hydrogen (secondary N) is 2. The van der Waals surface area contributed by atoms with Gasteiger partial charge < -0.3 is 10.2 Å². The zero-order valence-electron chi connectivity index (χ0n) is 20.2. The Morgan fingerprint density at radius 1 is 0.919 bits per heavy atom. The fraction of sp³-hybridized carbons (Fsp3) is 0.129. The first-order chi connectivity index (χ1) is 18.3. The molecule has 37 heavy (non-hydrogen) atoms. The maximum atomic E-state index is 13.6. The van der Waals surface area contributed by atoms with E-state index in [2.05, 4.69) is 62.7 Å². The highest BCUT2D eigenvalue weighted by atomic mass is 16.2. The van der Waals surface area contributed by atoms with Gasteiger partial charge in [0.2, 0.25) is 0 Å². The lowest BCUT2D eigenvalue weighted by Crippen LogP contribution is -2.48. The van der Waals surface area contributed by atoms with Crippen LogP contribution in [0, 0.1) is 11.8 Å². The summed E-state index contributed by atoms with van der Waals surface area (Å²) in [6.07, 6.45) is 1.61. The fourth-order valence-corrected chi connectivity index (χ4v) is 4.79. The van der Waals surface area contributed by atoms with E-state index in [0.29, 0.717) is 30.0 Å². The average molecular weight is 484 g/mol. The molecular weight excluding hydrogens is 458 g/mol. The van der Waals surface area contributed by atoms with Crippen molar-refractivity contribution < 1.29 is 4.79 Å². The SMILES string of the molecule is O=C(c1cnc2n[nH]c(C#Cc3ccccc3-c3ccccc3)c2c1)N1CCNC[C@@H]1c1ccccc1. The minimum absolute atomic E-state index is 0.0313. The summed E-state index contributed by atoms with van der Waals surface area (Å²) in [5.41, 5.74) is 5.92. The molecule has 6 nitrogen and oxygen atoms in total. The summed E-state index contributed by atoms with van der Waals surface area (Å²) in [6.45, 7) is 2.10. The number of amides is 1. The largest absolute Gasteiger partial charge is 0.329 e. The summed E-state index contributed by atoms with van der Waals surface area (Å²) >= 11 is 0. The lowest BCUT2D eigenvalue weighted by Gasteiger charge is -2.36. The van der Waals surface area contributed by atoms with Gasteiger partial charge in [-0.1, -0.05) is 84.8 Å². The van der Waals surface area contributed by atoms with E-state index in [0.717, 1.165) is 34.2 Å². The summed E-state index contributed by atoms with van der Waals surface area (Å²) in [4.78, 5) is 20.0. The third-order valence-electron chi connectivity index (χ3n) is 6.68. The van der Waals surface area contributed by atoms with Gasteiger partial charge in [0.25, 0.3) is 5.91 Å². The molecule has 0 unspecified atom stereocenters. The number of aromatic amines is 1. The van der Waals surface area contributed by atoms with Crippen LogP contribution < -0.4 is 5.32 Å². The number of carbonyl (C=O) groups is 1. The quantitative estimate of drug-likeness (QED) is 0.361. The minimum atomic E-state index is -0.0423. The van der Waals surface area contributed by atoms with Gasteiger partial charge in [-0.15, -0.1) is 0 Å². The second-order valence-corrected chi connectivity index (χ2v) is 8.98. The number of pyridine rings is 1. The van der Waals surface area contributed by atoms with Crippen molar-refractivity contribution in [3.05, 3.63) is 120 Å². The number of benzene rings is 3. The van der Waals surface area contributed by atoms with E-state index in [1.807, 2.05) is 65.6 Å². The molecule has 0 bridgehead atoms. The van der Waals surface area contributed by atoms with E-state index < -0.39 is 0 Å². The zero-order chi connectivity index (χ0) is 25.0. The number of hydrogen-bond acceptors (Lipinski definition) is 4. The third-order valence-corrected chi connectivity index (χ3v) is 6.68. The molecule has 3 aromatic carbocycles. The Morgan fingerprint density at radius 2 is 1.68 bits per heavy atom. The normalized spacial score (nSPS) is 15.2. The van der Waals surface area contributed by atoms with Crippen LogP contribution in [0.15, 0.2) is 97.2 Å². The Hall–Kier alpha value is -4.73. The number of fused-ring (bicyclic) bond motifs is 1. The monoisotopic (exact) mass is 483 g/mol. The van der Waals surface area contributed by atoms with E-state index in [-0.39, 0.29) is 11.9 Å². The third kappa shape index (κ3) is 4.61. The predicted octanol–water partition coefficient (Wildman–Crippen LogP) is 4.81. The summed E-state index contributed by atoms with van der Waals surface area (Å²) in [7, 11) is 0. The van der Waals surface area contributed by atoms with Crippen molar-refractivity contribution in [2.24, 2.45) is 0 Å². The number of carbonyl (C=O) groups excluding carboxylic acids is 1. The highest BCUT2D eigenvalue weighted by Crippen LogP contribution is 2.26. The van der Waals surface area contributed by atoms with Crippen molar-refractivity contribution in [2.75, 3.05) is 19.6 Å². The molecule has 2 aromatic heterocycles. The standard InChI is InChI=1S/C31H25N5O/c37-31(36-18-17-32-21-29(36)24-12-5-2-6-13-24)25-19-27-28(34-35-30(27)33-20-25)16-15-23-11-7-8-14-26(23)22-9-3-1-4-10-22/h1-14,19-20,29,32H,17-18,21H2,(H,33,34,35)/t29-/m1/s1. The van der Waals surface area contributed by atoms with Crippen molar-refractivity contribution in [2.45, 2.75) is 6.04 Å². The van der Waals surface area contributed by atoms with Gasteiger partial charge in [-0.05, 0) is 34.7 Å². The summed E-state index contributed by atoms with van der Waals surface area (Å²) in [5.74, 6) is 6.48. The minimum Gasteiger partial charge on any atom is -0.329 e. The molecule has 5 aromatic rings. The van der Waals surface area contributed by atoms with Crippen LogP contribution in [0.25, 0.3) is 22.2 Å². The van der Waals surface area contributed by atoms with Crippen molar-refractivity contribution in [1.82, 2.24) is 25.4 Å². The van der Waals surface area contributed by atoms with E-state index in [1.54, 1.807) is 6.20 Å². The molecule has 0 saturated carbocycles.